The molecule has 2 aromatic rings. The van der Waals surface area contributed by atoms with E-state index >= 15 is 0 Å². The molecule has 1 aromatic carbocycles. The summed E-state index contributed by atoms with van der Waals surface area (Å²) in [6, 6.07) is 9.98. The first-order chi connectivity index (χ1) is 11.0. The fourth-order valence-electron chi connectivity index (χ4n) is 2.29. The number of amides is 2. The summed E-state index contributed by atoms with van der Waals surface area (Å²) in [6.45, 7) is 3.26. The van der Waals surface area contributed by atoms with Gasteiger partial charge in [-0.25, -0.2) is 0 Å². The first-order valence-corrected chi connectivity index (χ1v) is 7.69. The Morgan fingerprint density at radius 3 is 2.43 bits per heavy atom. The molecule has 2 amide bonds. The lowest BCUT2D eigenvalue weighted by atomic mass is 10.0. The van der Waals surface area contributed by atoms with Crippen LogP contribution < -0.4 is 10.6 Å². The standard InChI is InChI=1S/C17H19ClN2O3/c1-11(16-4-3-9-23-16)19-17(22)10-15(20-12(2)21)13-5-7-14(18)8-6-13/h3-9,11,15H,10H2,1-2H3,(H,19,22)(H,20,21)/t11-,15-/m0/s1. The number of furan rings is 1. The number of carbonyl (C=O) groups excluding carboxylic acids is 2. The minimum Gasteiger partial charge on any atom is -0.467 e. The molecule has 6 heteroatoms. The van der Waals surface area contributed by atoms with Gasteiger partial charge < -0.3 is 15.1 Å². The zero-order valence-corrected chi connectivity index (χ0v) is 13.8. The van der Waals surface area contributed by atoms with Crippen molar-refractivity contribution in [3.63, 3.8) is 0 Å². The molecule has 0 bridgehead atoms. The average Bonchev–Trinajstić information content (AvgIpc) is 3.01. The second kappa shape index (κ2) is 7.83. The second-order valence-electron chi connectivity index (χ2n) is 5.31. The van der Waals surface area contributed by atoms with Crippen LogP contribution in [0.1, 0.15) is 43.7 Å². The Bertz CT molecular complexity index is 653. The lowest BCUT2D eigenvalue weighted by Gasteiger charge is -2.19. The van der Waals surface area contributed by atoms with Crippen molar-refractivity contribution in [2.45, 2.75) is 32.4 Å². The van der Waals surface area contributed by atoms with Crippen LogP contribution in [0, 0.1) is 0 Å². The molecule has 2 rings (SSSR count). The van der Waals surface area contributed by atoms with Crippen molar-refractivity contribution in [3.8, 4) is 0 Å². The van der Waals surface area contributed by atoms with E-state index in [0.29, 0.717) is 10.8 Å². The molecular formula is C17H19ClN2O3. The summed E-state index contributed by atoms with van der Waals surface area (Å²) in [5.41, 5.74) is 0.824. The minimum atomic E-state index is -0.409. The average molecular weight is 335 g/mol. The smallest absolute Gasteiger partial charge is 0.222 e. The maximum atomic E-state index is 12.3. The van der Waals surface area contributed by atoms with Gasteiger partial charge in [0, 0.05) is 11.9 Å². The highest BCUT2D eigenvalue weighted by atomic mass is 35.5. The molecule has 2 atom stereocenters. The summed E-state index contributed by atoms with van der Waals surface area (Å²) in [6.07, 6.45) is 1.69. The molecule has 5 nitrogen and oxygen atoms in total. The second-order valence-corrected chi connectivity index (χ2v) is 5.75. The lowest BCUT2D eigenvalue weighted by molar-refractivity contribution is -0.123. The van der Waals surface area contributed by atoms with Crippen LogP contribution in [-0.4, -0.2) is 11.8 Å². The maximum Gasteiger partial charge on any atom is 0.222 e. The molecule has 0 radical (unpaired) electrons. The summed E-state index contributed by atoms with van der Waals surface area (Å²) >= 11 is 5.88. The molecule has 0 aliphatic rings. The number of rotatable bonds is 6. The molecule has 1 aromatic heterocycles. The van der Waals surface area contributed by atoms with Crippen LogP contribution in [0.4, 0.5) is 0 Å². The van der Waals surface area contributed by atoms with Gasteiger partial charge >= 0.3 is 0 Å². The predicted octanol–water partition coefficient (Wildman–Crippen LogP) is 3.38. The summed E-state index contributed by atoms with van der Waals surface area (Å²) < 4.78 is 5.26. The molecule has 0 saturated carbocycles. The number of halogens is 1. The van der Waals surface area contributed by atoms with Crippen molar-refractivity contribution < 1.29 is 14.0 Å². The van der Waals surface area contributed by atoms with E-state index in [1.807, 2.05) is 6.92 Å². The third-order valence-corrected chi connectivity index (χ3v) is 3.64. The molecular weight excluding hydrogens is 316 g/mol. The van der Waals surface area contributed by atoms with Crippen molar-refractivity contribution in [1.82, 2.24) is 10.6 Å². The maximum absolute atomic E-state index is 12.3. The fourth-order valence-corrected chi connectivity index (χ4v) is 2.41. The van der Waals surface area contributed by atoms with Crippen molar-refractivity contribution in [2.75, 3.05) is 0 Å². The van der Waals surface area contributed by atoms with E-state index < -0.39 is 6.04 Å². The fraction of sp³-hybridized carbons (Fsp3) is 0.294. The highest BCUT2D eigenvalue weighted by molar-refractivity contribution is 6.30. The van der Waals surface area contributed by atoms with Crippen molar-refractivity contribution in [3.05, 3.63) is 59.0 Å². The van der Waals surface area contributed by atoms with Crippen LogP contribution in [0.15, 0.2) is 47.1 Å². The van der Waals surface area contributed by atoms with Gasteiger partial charge in [0.2, 0.25) is 11.8 Å². The van der Waals surface area contributed by atoms with E-state index in [-0.39, 0.29) is 24.3 Å². The predicted molar refractivity (Wildman–Crippen MR) is 87.9 cm³/mol. The number of benzene rings is 1. The van der Waals surface area contributed by atoms with E-state index in [9.17, 15) is 9.59 Å². The molecule has 0 aliphatic carbocycles. The molecule has 2 N–H and O–H groups in total. The number of carbonyl (C=O) groups is 2. The van der Waals surface area contributed by atoms with Crippen LogP contribution in [0.25, 0.3) is 0 Å². The summed E-state index contributed by atoms with van der Waals surface area (Å²) in [5.74, 6) is 0.306. The topological polar surface area (TPSA) is 71.3 Å². The van der Waals surface area contributed by atoms with Crippen LogP contribution in [-0.2, 0) is 9.59 Å². The van der Waals surface area contributed by atoms with Gasteiger partial charge in [-0.3, -0.25) is 9.59 Å². The number of hydrogen-bond donors (Lipinski definition) is 2. The molecule has 23 heavy (non-hydrogen) atoms. The van der Waals surface area contributed by atoms with E-state index in [2.05, 4.69) is 10.6 Å². The monoisotopic (exact) mass is 334 g/mol. The summed E-state index contributed by atoms with van der Waals surface area (Å²) in [4.78, 5) is 23.7. The Labute approximate surface area is 140 Å². The Morgan fingerprint density at radius 1 is 1.17 bits per heavy atom. The normalized spacial score (nSPS) is 13.2. The summed E-state index contributed by atoms with van der Waals surface area (Å²) in [7, 11) is 0. The molecule has 0 saturated heterocycles. The van der Waals surface area contributed by atoms with Gasteiger partial charge in [-0.1, -0.05) is 23.7 Å². The van der Waals surface area contributed by atoms with Gasteiger partial charge in [0.1, 0.15) is 5.76 Å². The van der Waals surface area contributed by atoms with Gasteiger partial charge in [0.05, 0.1) is 24.8 Å². The van der Waals surface area contributed by atoms with Crippen LogP contribution in [0.3, 0.4) is 0 Å². The molecule has 0 unspecified atom stereocenters. The Kier molecular flexibility index (Phi) is 5.82. The van der Waals surface area contributed by atoms with E-state index in [1.54, 1.807) is 42.7 Å². The highest BCUT2D eigenvalue weighted by Gasteiger charge is 2.19. The van der Waals surface area contributed by atoms with Crippen LogP contribution in [0.5, 0.6) is 0 Å². The molecule has 122 valence electrons. The number of nitrogens with one attached hydrogen (secondary N) is 2. The van der Waals surface area contributed by atoms with Gasteiger partial charge in [-0.05, 0) is 36.8 Å². The minimum absolute atomic E-state index is 0.131. The van der Waals surface area contributed by atoms with Gasteiger partial charge in [0.15, 0.2) is 0 Å². The highest BCUT2D eigenvalue weighted by Crippen LogP contribution is 2.20. The van der Waals surface area contributed by atoms with E-state index in [0.717, 1.165) is 5.56 Å². The van der Waals surface area contributed by atoms with Gasteiger partial charge in [-0.2, -0.15) is 0 Å². The van der Waals surface area contributed by atoms with Gasteiger partial charge in [-0.15, -0.1) is 0 Å². The Morgan fingerprint density at radius 2 is 1.87 bits per heavy atom. The van der Waals surface area contributed by atoms with Crippen LogP contribution >= 0.6 is 11.6 Å². The first-order valence-electron chi connectivity index (χ1n) is 7.31. The molecule has 0 spiro atoms. The molecule has 0 aliphatic heterocycles. The number of hydrogen-bond acceptors (Lipinski definition) is 3. The third kappa shape index (κ3) is 5.14. The van der Waals surface area contributed by atoms with Crippen molar-refractivity contribution in [1.29, 1.82) is 0 Å². The Balaban J connectivity index is 2.03. The van der Waals surface area contributed by atoms with E-state index in [1.165, 1.54) is 6.92 Å². The quantitative estimate of drug-likeness (QED) is 0.850. The molecule has 0 fully saturated rings. The Hall–Kier alpha value is -2.27. The molecule has 1 heterocycles. The van der Waals surface area contributed by atoms with Gasteiger partial charge in [0.25, 0.3) is 0 Å². The zero-order chi connectivity index (χ0) is 16.8. The SMILES string of the molecule is CC(=O)N[C@@H](CC(=O)N[C@@H](C)c1ccco1)c1ccc(Cl)cc1. The van der Waals surface area contributed by atoms with E-state index in [4.69, 9.17) is 16.0 Å². The summed E-state index contributed by atoms with van der Waals surface area (Å²) in [5, 5.41) is 6.25. The zero-order valence-electron chi connectivity index (χ0n) is 13.0. The largest absolute Gasteiger partial charge is 0.467 e. The third-order valence-electron chi connectivity index (χ3n) is 3.39. The van der Waals surface area contributed by atoms with Crippen molar-refractivity contribution >= 4 is 23.4 Å². The van der Waals surface area contributed by atoms with Crippen molar-refractivity contribution in [2.24, 2.45) is 0 Å². The lowest BCUT2D eigenvalue weighted by Crippen LogP contribution is -2.33. The first kappa shape index (κ1) is 17.1. The van der Waals surface area contributed by atoms with Crippen LogP contribution in [0.2, 0.25) is 5.02 Å².